The molecule has 3 N–H and O–H groups in total. The second-order valence-corrected chi connectivity index (χ2v) is 8.14. The average molecular weight is 402 g/mol. The highest BCUT2D eigenvalue weighted by Gasteiger charge is 2.29. The third kappa shape index (κ3) is 4.90. The number of nitrogens with two attached hydrogens (primary N) is 1. The molecule has 0 aliphatic carbocycles. The number of ketones is 1. The summed E-state index contributed by atoms with van der Waals surface area (Å²) in [7, 11) is 0. The van der Waals surface area contributed by atoms with Gasteiger partial charge in [-0.15, -0.1) is 0 Å². The van der Waals surface area contributed by atoms with Crippen molar-refractivity contribution in [3.05, 3.63) is 64.7 Å². The van der Waals surface area contributed by atoms with Crippen LogP contribution in [0.1, 0.15) is 24.5 Å². The van der Waals surface area contributed by atoms with E-state index in [9.17, 15) is 9.59 Å². The van der Waals surface area contributed by atoms with Crippen LogP contribution in [0.4, 0.5) is 5.69 Å². The molecule has 0 radical (unpaired) electrons. The van der Waals surface area contributed by atoms with Gasteiger partial charge >= 0.3 is 0 Å². The van der Waals surface area contributed by atoms with Gasteiger partial charge in [0.05, 0.1) is 5.54 Å². The number of amides is 1. The van der Waals surface area contributed by atoms with Gasteiger partial charge in [0, 0.05) is 22.9 Å². The first-order chi connectivity index (χ1) is 12.9. The van der Waals surface area contributed by atoms with E-state index in [1.807, 2.05) is 25.1 Å². The van der Waals surface area contributed by atoms with Crippen LogP contribution in [-0.4, -0.2) is 22.6 Å². The van der Waals surface area contributed by atoms with Crippen molar-refractivity contribution in [3.8, 4) is 0 Å². The van der Waals surface area contributed by atoms with Crippen molar-refractivity contribution in [1.29, 1.82) is 0 Å². The Morgan fingerprint density at radius 2 is 2.00 bits per heavy atom. The molecule has 7 heteroatoms. The van der Waals surface area contributed by atoms with Crippen molar-refractivity contribution in [2.45, 2.75) is 25.3 Å². The van der Waals surface area contributed by atoms with E-state index in [1.54, 1.807) is 42.1 Å². The maximum atomic E-state index is 12.3. The number of aliphatic imine (C=N–C) groups is 1. The molecule has 0 saturated heterocycles. The number of carbonyl (C=O) groups excluding carboxylic acids is 2. The van der Waals surface area contributed by atoms with Gasteiger partial charge in [-0.1, -0.05) is 47.6 Å². The van der Waals surface area contributed by atoms with E-state index < -0.39 is 17.2 Å². The molecule has 5 nitrogen and oxygen atoms in total. The zero-order valence-corrected chi connectivity index (χ0v) is 16.4. The van der Waals surface area contributed by atoms with E-state index in [-0.39, 0.29) is 6.42 Å². The molecule has 140 valence electrons. The zero-order valence-electron chi connectivity index (χ0n) is 14.9. The topological polar surface area (TPSA) is 84.5 Å². The minimum absolute atomic E-state index is 0.0262. The number of amidine groups is 1. The predicted octanol–water partition coefficient (Wildman–Crippen LogP) is 3.76. The van der Waals surface area contributed by atoms with E-state index in [4.69, 9.17) is 17.3 Å². The lowest BCUT2D eigenvalue weighted by molar-refractivity contribution is -0.134. The van der Waals surface area contributed by atoms with Crippen LogP contribution < -0.4 is 11.1 Å². The molecule has 1 aliphatic heterocycles. The molecule has 1 aliphatic rings. The molecule has 0 spiro atoms. The number of Topliss-reactive ketones (excluding diaryl/α,β-unsaturated/α-hetero) is 1. The fourth-order valence-electron chi connectivity index (χ4n) is 2.90. The molecule has 27 heavy (non-hydrogen) atoms. The van der Waals surface area contributed by atoms with Crippen molar-refractivity contribution in [1.82, 2.24) is 0 Å². The first-order valence-corrected chi connectivity index (χ1v) is 9.89. The Morgan fingerprint density at radius 1 is 1.26 bits per heavy atom. The SMILES string of the molecule is CC1(c2cccc(NC(=O)C(=O)Cc3ccc(Cl)cc3)c2)CCSC(N)=N1. The van der Waals surface area contributed by atoms with E-state index in [1.165, 1.54) is 0 Å². The summed E-state index contributed by atoms with van der Waals surface area (Å²) in [5.41, 5.74) is 7.71. The first-order valence-electron chi connectivity index (χ1n) is 8.53. The lowest BCUT2D eigenvalue weighted by Gasteiger charge is -2.30. The molecule has 0 saturated carbocycles. The number of carbonyl (C=O) groups is 2. The van der Waals surface area contributed by atoms with Crippen LogP contribution in [0.25, 0.3) is 0 Å². The number of halogens is 1. The summed E-state index contributed by atoms with van der Waals surface area (Å²) in [5.74, 6) is -0.262. The number of rotatable bonds is 5. The Kier molecular flexibility index (Phi) is 5.87. The minimum Gasteiger partial charge on any atom is -0.379 e. The molecular formula is C20H20ClN3O2S. The largest absolute Gasteiger partial charge is 0.379 e. The van der Waals surface area contributed by atoms with Gasteiger partial charge in [0.1, 0.15) is 0 Å². The normalized spacial score (nSPS) is 19.3. The third-order valence-electron chi connectivity index (χ3n) is 4.47. The van der Waals surface area contributed by atoms with Gasteiger partial charge in [0.15, 0.2) is 5.17 Å². The zero-order chi connectivity index (χ0) is 19.4. The Balaban J connectivity index is 1.70. The Bertz CT molecular complexity index is 898. The molecular weight excluding hydrogens is 382 g/mol. The third-order valence-corrected chi connectivity index (χ3v) is 5.52. The molecule has 1 amide bonds. The molecule has 2 aromatic rings. The Morgan fingerprint density at radius 3 is 2.70 bits per heavy atom. The number of nitrogens with one attached hydrogen (secondary N) is 1. The van der Waals surface area contributed by atoms with Gasteiger partial charge in [0.2, 0.25) is 5.78 Å². The van der Waals surface area contributed by atoms with Gasteiger partial charge < -0.3 is 11.1 Å². The van der Waals surface area contributed by atoms with Crippen molar-refractivity contribution in [2.24, 2.45) is 10.7 Å². The molecule has 0 bridgehead atoms. The fraction of sp³-hybridized carbons (Fsp3) is 0.250. The van der Waals surface area contributed by atoms with Crippen LogP contribution in [0, 0.1) is 0 Å². The molecule has 0 aromatic heterocycles. The monoisotopic (exact) mass is 401 g/mol. The fourth-order valence-corrected chi connectivity index (χ4v) is 4.00. The number of hydrogen-bond acceptors (Lipinski definition) is 5. The van der Waals surface area contributed by atoms with Gasteiger partial charge in [-0.25, -0.2) is 0 Å². The van der Waals surface area contributed by atoms with E-state index in [2.05, 4.69) is 10.3 Å². The number of anilines is 1. The second-order valence-electron chi connectivity index (χ2n) is 6.58. The Labute approximate surface area is 167 Å². The highest BCUT2D eigenvalue weighted by molar-refractivity contribution is 8.13. The number of nitrogens with zero attached hydrogens (tertiary/aromatic N) is 1. The minimum atomic E-state index is -0.644. The van der Waals surface area contributed by atoms with E-state index in [0.29, 0.717) is 15.9 Å². The summed E-state index contributed by atoms with van der Waals surface area (Å²) in [6, 6.07) is 14.3. The molecule has 1 heterocycles. The second kappa shape index (κ2) is 8.15. The predicted molar refractivity (Wildman–Crippen MR) is 111 cm³/mol. The lowest BCUT2D eigenvalue weighted by Crippen LogP contribution is -2.29. The smallest absolute Gasteiger partial charge is 0.292 e. The lowest BCUT2D eigenvalue weighted by atomic mass is 9.89. The summed E-state index contributed by atoms with van der Waals surface area (Å²) in [5, 5.41) is 3.84. The maximum Gasteiger partial charge on any atom is 0.292 e. The standard InChI is InChI=1S/C20H20ClN3O2S/c1-20(9-10-27-19(22)24-20)14-3-2-4-16(12-14)23-18(26)17(25)11-13-5-7-15(21)8-6-13/h2-8,12H,9-11H2,1H3,(H2,22,24)(H,23,26). The highest BCUT2D eigenvalue weighted by Crippen LogP contribution is 2.35. The molecule has 0 fully saturated rings. The molecule has 1 unspecified atom stereocenters. The summed E-state index contributed by atoms with van der Waals surface area (Å²) < 4.78 is 0. The van der Waals surface area contributed by atoms with Crippen LogP contribution in [0.3, 0.4) is 0 Å². The van der Waals surface area contributed by atoms with Gasteiger partial charge in [-0.3, -0.25) is 14.6 Å². The summed E-state index contributed by atoms with van der Waals surface area (Å²) in [6.07, 6.45) is 0.879. The molecule has 2 aromatic carbocycles. The van der Waals surface area contributed by atoms with Crippen molar-refractivity contribution in [2.75, 3.05) is 11.1 Å². The molecule has 3 rings (SSSR count). The van der Waals surface area contributed by atoms with Gasteiger partial charge in [-0.05, 0) is 48.7 Å². The van der Waals surface area contributed by atoms with Crippen molar-refractivity contribution in [3.63, 3.8) is 0 Å². The average Bonchev–Trinajstić information content (AvgIpc) is 2.63. The van der Waals surface area contributed by atoms with Crippen LogP contribution in [0.2, 0.25) is 5.02 Å². The maximum absolute atomic E-state index is 12.3. The Hall–Kier alpha value is -2.31. The quantitative estimate of drug-likeness (QED) is 0.747. The summed E-state index contributed by atoms with van der Waals surface area (Å²) in [6.45, 7) is 2.02. The van der Waals surface area contributed by atoms with Crippen molar-refractivity contribution >= 4 is 45.9 Å². The van der Waals surface area contributed by atoms with E-state index in [0.717, 1.165) is 23.3 Å². The van der Waals surface area contributed by atoms with Crippen LogP contribution in [0.5, 0.6) is 0 Å². The number of thioether (sulfide) groups is 1. The summed E-state index contributed by atoms with van der Waals surface area (Å²) >= 11 is 7.38. The number of hydrogen-bond donors (Lipinski definition) is 2. The van der Waals surface area contributed by atoms with Crippen LogP contribution in [-0.2, 0) is 21.5 Å². The number of benzene rings is 2. The van der Waals surface area contributed by atoms with Crippen LogP contribution >= 0.6 is 23.4 Å². The van der Waals surface area contributed by atoms with Crippen molar-refractivity contribution < 1.29 is 9.59 Å². The first kappa shape index (κ1) is 19.5. The van der Waals surface area contributed by atoms with Gasteiger partial charge in [0.25, 0.3) is 5.91 Å². The summed E-state index contributed by atoms with van der Waals surface area (Å²) in [4.78, 5) is 29.0. The van der Waals surface area contributed by atoms with E-state index >= 15 is 0 Å². The van der Waals surface area contributed by atoms with Gasteiger partial charge in [-0.2, -0.15) is 0 Å². The highest BCUT2D eigenvalue weighted by atomic mass is 35.5. The van der Waals surface area contributed by atoms with Crippen LogP contribution in [0.15, 0.2) is 53.5 Å². The molecule has 1 atom stereocenters.